The summed E-state index contributed by atoms with van der Waals surface area (Å²) in [5, 5.41) is 10.6. The third kappa shape index (κ3) is 2.70. The molecule has 0 heterocycles. The Kier molecular flexibility index (Phi) is 4.03. The minimum Gasteiger partial charge on any atom is -0.384 e. The Morgan fingerprint density at radius 2 is 1.79 bits per heavy atom. The zero-order valence-corrected chi connectivity index (χ0v) is 11.8. The van der Waals surface area contributed by atoms with Crippen molar-refractivity contribution in [1.82, 2.24) is 0 Å². The number of aliphatic hydroxyl groups is 1. The summed E-state index contributed by atoms with van der Waals surface area (Å²) in [6.07, 6.45) is -0.592. The van der Waals surface area contributed by atoms with Crippen LogP contribution >= 0.6 is 0 Å². The lowest BCUT2D eigenvalue weighted by atomic mass is 9.92. The number of aliphatic hydroxyl groups excluding tert-OH is 1. The SMILES string of the molecule is Cc1ccc(C(O)c2cccc(CN)c2)c(C)c1C. The van der Waals surface area contributed by atoms with Crippen molar-refractivity contribution in [1.29, 1.82) is 0 Å². The second kappa shape index (κ2) is 5.55. The maximum Gasteiger partial charge on any atom is 0.104 e. The molecule has 2 heteroatoms. The van der Waals surface area contributed by atoms with Crippen molar-refractivity contribution < 1.29 is 5.11 Å². The van der Waals surface area contributed by atoms with Gasteiger partial charge in [-0.25, -0.2) is 0 Å². The number of aryl methyl sites for hydroxylation is 1. The van der Waals surface area contributed by atoms with Crippen molar-refractivity contribution in [3.8, 4) is 0 Å². The van der Waals surface area contributed by atoms with Crippen LogP contribution in [0.25, 0.3) is 0 Å². The van der Waals surface area contributed by atoms with E-state index in [1.165, 1.54) is 11.1 Å². The van der Waals surface area contributed by atoms with E-state index in [1.54, 1.807) is 0 Å². The molecule has 3 N–H and O–H groups in total. The molecule has 1 atom stereocenters. The number of hydrogen-bond acceptors (Lipinski definition) is 2. The van der Waals surface area contributed by atoms with E-state index in [9.17, 15) is 5.11 Å². The summed E-state index contributed by atoms with van der Waals surface area (Å²) in [4.78, 5) is 0. The Bertz CT molecular complexity index is 590. The largest absolute Gasteiger partial charge is 0.384 e. The second-order valence-electron chi connectivity index (χ2n) is 5.07. The molecule has 2 rings (SSSR count). The van der Waals surface area contributed by atoms with Crippen molar-refractivity contribution in [2.75, 3.05) is 0 Å². The van der Waals surface area contributed by atoms with Gasteiger partial charge >= 0.3 is 0 Å². The van der Waals surface area contributed by atoms with Gasteiger partial charge in [-0.15, -0.1) is 0 Å². The van der Waals surface area contributed by atoms with Gasteiger partial charge in [0.15, 0.2) is 0 Å². The molecule has 0 aliphatic heterocycles. The molecule has 19 heavy (non-hydrogen) atoms. The summed E-state index contributed by atoms with van der Waals surface area (Å²) in [5.41, 5.74) is 12.2. The fourth-order valence-corrected chi connectivity index (χ4v) is 2.34. The number of nitrogens with two attached hydrogens (primary N) is 1. The molecule has 0 aliphatic rings. The van der Waals surface area contributed by atoms with Crippen molar-refractivity contribution in [3.63, 3.8) is 0 Å². The lowest BCUT2D eigenvalue weighted by molar-refractivity contribution is 0.219. The first-order valence-corrected chi connectivity index (χ1v) is 6.58. The Balaban J connectivity index is 2.44. The van der Waals surface area contributed by atoms with Crippen LogP contribution in [0.5, 0.6) is 0 Å². The Hall–Kier alpha value is -1.64. The molecule has 0 aliphatic carbocycles. The fourth-order valence-electron chi connectivity index (χ4n) is 2.34. The highest BCUT2D eigenvalue weighted by Crippen LogP contribution is 2.28. The quantitative estimate of drug-likeness (QED) is 0.885. The van der Waals surface area contributed by atoms with E-state index in [-0.39, 0.29) is 0 Å². The van der Waals surface area contributed by atoms with E-state index in [4.69, 9.17) is 5.73 Å². The highest BCUT2D eigenvalue weighted by Gasteiger charge is 2.14. The second-order valence-corrected chi connectivity index (χ2v) is 5.07. The number of benzene rings is 2. The van der Waals surface area contributed by atoms with Gasteiger partial charge in [0.1, 0.15) is 6.10 Å². The van der Waals surface area contributed by atoms with Crippen LogP contribution in [0, 0.1) is 20.8 Å². The van der Waals surface area contributed by atoms with E-state index < -0.39 is 6.10 Å². The molecule has 100 valence electrons. The predicted molar refractivity (Wildman–Crippen MR) is 79.0 cm³/mol. The van der Waals surface area contributed by atoms with E-state index >= 15 is 0 Å². The van der Waals surface area contributed by atoms with Crippen LogP contribution in [0.4, 0.5) is 0 Å². The van der Waals surface area contributed by atoms with Gasteiger partial charge in [-0.3, -0.25) is 0 Å². The van der Waals surface area contributed by atoms with Gasteiger partial charge in [0.2, 0.25) is 0 Å². The van der Waals surface area contributed by atoms with Crippen LogP contribution in [-0.4, -0.2) is 5.11 Å². The first kappa shape index (κ1) is 13.8. The summed E-state index contributed by atoms with van der Waals surface area (Å²) in [5.74, 6) is 0. The summed E-state index contributed by atoms with van der Waals surface area (Å²) in [6.45, 7) is 6.74. The smallest absolute Gasteiger partial charge is 0.104 e. The lowest BCUT2D eigenvalue weighted by Crippen LogP contribution is -2.05. The predicted octanol–water partition coefficient (Wildman–Crippen LogP) is 3.15. The molecule has 0 bridgehead atoms. The molecule has 0 spiro atoms. The minimum atomic E-state index is -0.592. The van der Waals surface area contributed by atoms with Crippen LogP contribution in [0.3, 0.4) is 0 Å². The number of rotatable bonds is 3. The molecule has 2 aromatic carbocycles. The van der Waals surface area contributed by atoms with Crippen molar-refractivity contribution in [2.45, 2.75) is 33.4 Å². The topological polar surface area (TPSA) is 46.2 Å². The molecular weight excluding hydrogens is 234 g/mol. The molecular formula is C17H21NO. The Morgan fingerprint density at radius 3 is 2.47 bits per heavy atom. The summed E-state index contributed by atoms with van der Waals surface area (Å²) >= 11 is 0. The van der Waals surface area contributed by atoms with Gasteiger partial charge in [-0.2, -0.15) is 0 Å². The molecule has 1 unspecified atom stereocenters. The third-order valence-corrected chi connectivity index (χ3v) is 3.90. The molecule has 0 amide bonds. The van der Waals surface area contributed by atoms with E-state index in [0.29, 0.717) is 6.54 Å². The van der Waals surface area contributed by atoms with Crippen LogP contribution < -0.4 is 5.73 Å². The molecule has 2 nitrogen and oxygen atoms in total. The van der Waals surface area contributed by atoms with Gasteiger partial charge < -0.3 is 10.8 Å². The van der Waals surface area contributed by atoms with Gasteiger partial charge in [0.05, 0.1) is 0 Å². The molecule has 0 aromatic heterocycles. The monoisotopic (exact) mass is 255 g/mol. The Morgan fingerprint density at radius 1 is 1.05 bits per heavy atom. The maximum absolute atomic E-state index is 10.6. The zero-order chi connectivity index (χ0) is 14.0. The van der Waals surface area contributed by atoms with Gasteiger partial charge in [0, 0.05) is 6.54 Å². The van der Waals surface area contributed by atoms with Crippen LogP contribution in [0.1, 0.15) is 39.5 Å². The minimum absolute atomic E-state index is 0.493. The first-order chi connectivity index (χ1) is 9.04. The average Bonchev–Trinajstić information content (AvgIpc) is 2.44. The normalized spacial score (nSPS) is 12.5. The van der Waals surface area contributed by atoms with Gasteiger partial charge in [0.25, 0.3) is 0 Å². The maximum atomic E-state index is 10.6. The number of hydrogen-bond donors (Lipinski definition) is 2. The highest BCUT2D eigenvalue weighted by atomic mass is 16.3. The van der Waals surface area contributed by atoms with Crippen LogP contribution in [-0.2, 0) is 6.54 Å². The van der Waals surface area contributed by atoms with Gasteiger partial charge in [-0.05, 0) is 54.2 Å². The molecule has 0 fully saturated rings. The van der Waals surface area contributed by atoms with Crippen molar-refractivity contribution in [2.24, 2.45) is 5.73 Å². The van der Waals surface area contributed by atoms with Crippen LogP contribution in [0.2, 0.25) is 0 Å². The van der Waals surface area contributed by atoms with Gasteiger partial charge in [-0.1, -0.05) is 36.4 Å². The van der Waals surface area contributed by atoms with E-state index in [2.05, 4.69) is 26.8 Å². The molecule has 2 aromatic rings. The highest BCUT2D eigenvalue weighted by molar-refractivity contribution is 5.43. The first-order valence-electron chi connectivity index (χ1n) is 6.58. The lowest BCUT2D eigenvalue weighted by Gasteiger charge is -2.17. The van der Waals surface area contributed by atoms with E-state index in [0.717, 1.165) is 22.3 Å². The fraction of sp³-hybridized carbons (Fsp3) is 0.294. The van der Waals surface area contributed by atoms with Crippen LogP contribution in [0.15, 0.2) is 36.4 Å². The van der Waals surface area contributed by atoms with Crippen molar-refractivity contribution in [3.05, 3.63) is 69.8 Å². The van der Waals surface area contributed by atoms with E-state index in [1.807, 2.05) is 30.3 Å². The molecule has 0 saturated carbocycles. The summed E-state index contributed by atoms with van der Waals surface area (Å²) in [7, 11) is 0. The standard InChI is InChI=1S/C17H21NO/c1-11-7-8-16(13(3)12(11)2)17(19)15-6-4-5-14(9-15)10-18/h4-9,17,19H,10,18H2,1-3H3. The molecule has 0 radical (unpaired) electrons. The average molecular weight is 255 g/mol. The Labute approximate surface area is 114 Å². The molecule has 0 saturated heterocycles. The zero-order valence-electron chi connectivity index (χ0n) is 11.8. The third-order valence-electron chi connectivity index (χ3n) is 3.90. The summed E-state index contributed by atoms with van der Waals surface area (Å²) < 4.78 is 0. The van der Waals surface area contributed by atoms with Crippen molar-refractivity contribution >= 4 is 0 Å². The summed E-state index contributed by atoms with van der Waals surface area (Å²) in [6, 6.07) is 11.9.